The average molecular weight is 335 g/mol. The molecular formula is C14H20Cl2N2OS. The molecule has 1 unspecified atom stereocenters. The summed E-state index contributed by atoms with van der Waals surface area (Å²) in [5.74, 6) is 0.850. The van der Waals surface area contributed by atoms with Gasteiger partial charge in [0.1, 0.15) is 4.88 Å². The van der Waals surface area contributed by atoms with Crippen molar-refractivity contribution in [2.24, 2.45) is 5.92 Å². The topological polar surface area (TPSA) is 32.3 Å². The van der Waals surface area contributed by atoms with E-state index in [2.05, 4.69) is 5.32 Å². The van der Waals surface area contributed by atoms with Crippen molar-refractivity contribution in [2.45, 2.75) is 31.7 Å². The van der Waals surface area contributed by atoms with E-state index in [1.54, 1.807) is 6.07 Å². The molecule has 3 heterocycles. The predicted octanol–water partition coefficient (Wildman–Crippen LogP) is 3.43. The van der Waals surface area contributed by atoms with Crippen LogP contribution < -0.4 is 5.32 Å². The van der Waals surface area contributed by atoms with Crippen molar-refractivity contribution in [3.05, 3.63) is 21.3 Å². The van der Waals surface area contributed by atoms with Gasteiger partial charge in [-0.2, -0.15) is 0 Å². The van der Waals surface area contributed by atoms with Crippen LogP contribution >= 0.6 is 35.3 Å². The van der Waals surface area contributed by atoms with E-state index in [0.717, 1.165) is 38.4 Å². The van der Waals surface area contributed by atoms with Crippen LogP contribution in [0.4, 0.5) is 0 Å². The molecule has 0 radical (unpaired) electrons. The van der Waals surface area contributed by atoms with Gasteiger partial charge >= 0.3 is 0 Å². The number of piperidine rings is 1. The van der Waals surface area contributed by atoms with Gasteiger partial charge in [0.25, 0.3) is 5.91 Å². The van der Waals surface area contributed by atoms with Crippen molar-refractivity contribution in [2.75, 3.05) is 19.6 Å². The zero-order valence-electron chi connectivity index (χ0n) is 11.3. The lowest BCUT2D eigenvalue weighted by Gasteiger charge is -2.34. The number of carbonyl (C=O) groups excluding carboxylic acids is 1. The minimum atomic E-state index is 0. The molecule has 20 heavy (non-hydrogen) atoms. The molecule has 2 aliphatic heterocycles. The molecule has 1 N–H and O–H groups in total. The lowest BCUT2D eigenvalue weighted by atomic mass is 9.88. The lowest BCUT2D eigenvalue weighted by Crippen LogP contribution is -2.43. The first kappa shape index (κ1) is 16.1. The molecule has 2 fully saturated rings. The minimum Gasteiger partial charge on any atom is -0.338 e. The van der Waals surface area contributed by atoms with Gasteiger partial charge in [-0.15, -0.1) is 23.7 Å². The molecule has 1 atom stereocenters. The van der Waals surface area contributed by atoms with Crippen LogP contribution in [0.15, 0.2) is 11.4 Å². The van der Waals surface area contributed by atoms with E-state index >= 15 is 0 Å². The minimum absolute atomic E-state index is 0. The van der Waals surface area contributed by atoms with Crippen LogP contribution in [0.5, 0.6) is 0 Å². The maximum absolute atomic E-state index is 12.3. The summed E-state index contributed by atoms with van der Waals surface area (Å²) in [5.41, 5.74) is 0. The predicted molar refractivity (Wildman–Crippen MR) is 86.2 cm³/mol. The molecule has 0 saturated carbocycles. The van der Waals surface area contributed by atoms with Crippen LogP contribution in [0.25, 0.3) is 0 Å². The van der Waals surface area contributed by atoms with Crippen LogP contribution in [0.3, 0.4) is 0 Å². The molecule has 1 aromatic rings. The van der Waals surface area contributed by atoms with E-state index in [1.165, 1.54) is 24.2 Å². The standard InChI is InChI=1S/C14H19ClN2OS.ClH/c15-11-5-9-19-13(11)14(18)17-7-3-10(4-8-17)12-2-1-6-16-12;/h5,9-10,12,16H,1-4,6-8H2;1H. The third-order valence-corrected chi connectivity index (χ3v) is 5.64. The number of thiophene rings is 1. The largest absolute Gasteiger partial charge is 0.338 e. The number of amides is 1. The highest BCUT2D eigenvalue weighted by atomic mass is 35.5. The first-order chi connectivity index (χ1) is 9.25. The highest BCUT2D eigenvalue weighted by Crippen LogP contribution is 2.29. The van der Waals surface area contributed by atoms with E-state index < -0.39 is 0 Å². The highest BCUT2D eigenvalue weighted by Gasteiger charge is 2.30. The van der Waals surface area contributed by atoms with Gasteiger partial charge in [-0.1, -0.05) is 11.6 Å². The first-order valence-corrected chi connectivity index (χ1v) is 8.27. The molecule has 2 saturated heterocycles. The first-order valence-electron chi connectivity index (χ1n) is 7.01. The maximum Gasteiger partial charge on any atom is 0.265 e. The normalized spacial score (nSPS) is 23.6. The van der Waals surface area contributed by atoms with Crippen molar-refractivity contribution in [3.63, 3.8) is 0 Å². The molecule has 3 nitrogen and oxygen atoms in total. The Kier molecular flexibility index (Phi) is 5.73. The Labute approximate surface area is 135 Å². The van der Waals surface area contributed by atoms with Gasteiger partial charge in [0.2, 0.25) is 0 Å². The van der Waals surface area contributed by atoms with Crippen LogP contribution in [-0.2, 0) is 0 Å². The van der Waals surface area contributed by atoms with E-state index in [9.17, 15) is 4.79 Å². The Morgan fingerprint density at radius 3 is 2.65 bits per heavy atom. The van der Waals surface area contributed by atoms with Crippen molar-refractivity contribution in [1.29, 1.82) is 0 Å². The second-order valence-corrected chi connectivity index (χ2v) is 6.75. The van der Waals surface area contributed by atoms with Crippen molar-refractivity contribution in [1.82, 2.24) is 10.2 Å². The zero-order valence-corrected chi connectivity index (χ0v) is 13.7. The monoisotopic (exact) mass is 334 g/mol. The number of carbonyl (C=O) groups is 1. The molecule has 1 amide bonds. The molecule has 112 valence electrons. The van der Waals surface area contributed by atoms with Gasteiger partial charge in [-0.3, -0.25) is 4.79 Å². The van der Waals surface area contributed by atoms with Gasteiger partial charge in [-0.25, -0.2) is 0 Å². The number of likely N-dealkylation sites (tertiary alicyclic amines) is 1. The summed E-state index contributed by atoms with van der Waals surface area (Å²) in [6.07, 6.45) is 4.84. The summed E-state index contributed by atoms with van der Waals surface area (Å²) in [7, 11) is 0. The van der Waals surface area contributed by atoms with Crippen molar-refractivity contribution in [3.8, 4) is 0 Å². The Morgan fingerprint density at radius 2 is 2.10 bits per heavy atom. The molecular weight excluding hydrogens is 315 g/mol. The fraction of sp³-hybridized carbons (Fsp3) is 0.643. The van der Waals surface area contributed by atoms with Crippen molar-refractivity contribution >= 4 is 41.3 Å². The van der Waals surface area contributed by atoms with E-state index in [-0.39, 0.29) is 18.3 Å². The molecule has 0 aromatic carbocycles. The molecule has 0 spiro atoms. The fourth-order valence-corrected chi connectivity index (χ4v) is 4.31. The summed E-state index contributed by atoms with van der Waals surface area (Å²) in [5, 5.41) is 6.06. The SMILES string of the molecule is Cl.O=C(c1sccc1Cl)N1CCC(C2CCCN2)CC1. The average Bonchev–Trinajstić information content (AvgIpc) is 3.09. The molecule has 6 heteroatoms. The second kappa shape index (κ2) is 7.12. The molecule has 0 aliphatic carbocycles. The number of hydrogen-bond acceptors (Lipinski definition) is 3. The van der Waals surface area contributed by atoms with Gasteiger partial charge in [-0.05, 0) is 49.6 Å². The Hall–Kier alpha value is -0.290. The van der Waals surface area contributed by atoms with Gasteiger partial charge < -0.3 is 10.2 Å². The van der Waals surface area contributed by atoms with Crippen LogP contribution in [0.2, 0.25) is 5.02 Å². The quantitative estimate of drug-likeness (QED) is 0.898. The smallest absolute Gasteiger partial charge is 0.265 e. The van der Waals surface area contributed by atoms with Gasteiger partial charge in [0.05, 0.1) is 5.02 Å². The van der Waals surface area contributed by atoms with Crippen molar-refractivity contribution < 1.29 is 4.79 Å². The fourth-order valence-electron chi connectivity index (χ4n) is 3.21. The third-order valence-electron chi connectivity index (χ3n) is 4.31. The number of nitrogens with one attached hydrogen (secondary N) is 1. The van der Waals surface area contributed by atoms with E-state index in [4.69, 9.17) is 11.6 Å². The molecule has 1 aromatic heterocycles. The second-order valence-electron chi connectivity index (χ2n) is 5.43. The van der Waals surface area contributed by atoms with E-state index in [1.807, 2.05) is 10.3 Å². The summed E-state index contributed by atoms with van der Waals surface area (Å²) in [4.78, 5) is 15.0. The zero-order chi connectivity index (χ0) is 13.2. The molecule has 2 aliphatic rings. The van der Waals surface area contributed by atoms with Crippen LogP contribution in [0, 0.1) is 5.92 Å². The maximum atomic E-state index is 12.3. The van der Waals surface area contributed by atoms with Crippen LogP contribution in [-0.4, -0.2) is 36.5 Å². The van der Waals surface area contributed by atoms with Gasteiger partial charge in [0.15, 0.2) is 0 Å². The van der Waals surface area contributed by atoms with E-state index in [0.29, 0.717) is 15.9 Å². The van der Waals surface area contributed by atoms with Gasteiger partial charge in [0, 0.05) is 19.1 Å². The summed E-state index contributed by atoms with van der Waals surface area (Å²) in [6, 6.07) is 2.48. The van der Waals surface area contributed by atoms with Crippen LogP contribution in [0.1, 0.15) is 35.4 Å². The number of halogens is 2. The summed E-state index contributed by atoms with van der Waals surface area (Å²) in [6.45, 7) is 2.90. The Morgan fingerprint density at radius 1 is 1.35 bits per heavy atom. The lowest BCUT2D eigenvalue weighted by molar-refractivity contribution is 0.0679. The molecule has 3 rings (SSSR count). The number of rotatable bonds is 2. The third kappa shape index (κ3) is 3.30. The summed E-state index contributed by atoms with van der Waals surface area (Å²) < 4.78 is 0. The Balaban J connectivity index is 0.00000147. The summed E-state index contributed by atoms with van der Waals surface area (Å²) >= 11 is 7.48. The number of hydrogen-bond donors (Lipinski definition) is 1. The number of nitrogens with zero attached hydrogens (tertiary/aromatic N) is 1. The molecule has 0 bridgehead atoms. The Bertz CT molecular complexity index is 452. The highest BCUT2D eigenvalue weighted by molar-refractivity contribution is 7.12.